The highest BCUT2D eigenvalue weighted by Gasteiger charge is 2.24. The van der Waals surface area contributed by atoms with Crippen molar-refractivity contribution in [1.82, 2.24) is 16.2 Å². The van der Waals surface area contributed by atoms with E-state index in [4.69, 9.17) is 4.74 Å². The predicted octanol–water partition coefficient (Wildman–Crippen LogP) is 3.02. The van der Waals surface area contributed by atoms with E-state index in [2.05, 4.69) is 40.4 Å². The van der Waals surface area contributed by atoms with Crippen LogP contribution in [0.4, 0.5) is 4.79 Å². The normalized spacial score (nSPS) is 12.0. The van der Waals surface area contributed by atoms with Gasteiger partial charge in [-0.25, -0.2) is 4.79 Å². The van der Waals surface area contributed by atoms with Gasteiger partial charge in [-0.1, -0.05) is 30.3 Å². The molecule has 3 N–H and O–H groups in total. The summed E-state index contributed by atoms with van der Waals surface area (Å²) >= 11 is 0. The van der Waals surface area contributed by atoms with Crippen LogP contribution in [0.1, 0.15) is 46.6 Å². The maximum Gasteiger partial charge on any atom is 0.408 e. The quantitative estimate of drug-likeness (QED) is 0.509. The van der Waals surface area contributed by atoms with Gasteiger partial charge in [-0.2, -0.15) is 0 Å². The smallest absolute Gasteiger partial charge is 0.408 e. The fourth-order valence-electron chi connectivity index (χ4n) is 2.02. The molecule has 5 nitrogen and oxygen atoms in total. The van der Waals surface area contributed by atoms with Crippen molar-refractivity contribution in [1.29, 1.82) is 0 Å². The SMILES string of the molecule is CC(C)(CNNCCCc1ccccc1)NC(=O)OC(C)(C)C. The fraction of sp³-hybridized carbons (Fsp3) is 0.611. The van der Waals surface area contributed by atoms with Crippen molar-refractivity contribution >= 4 is 6.09 Å². The van der Waals surface area contributed by atoms with Crippen LogP contribution in [0.25, 0.3) is 0 Å². The summed E-state index contributed by atoms with van der Waals surface area (Å²) in [7, 11) is 0. The Labute approximate surface area is 140 Å². The minimum absolute atomic E-state index is 0.394. The van der Waals surface area contributed by atoms with Gasteiger partial charge in [0.1, 0.15) is 5.60 Å². The molecule has 23 heavy (non-hydrogen) atoms. The number of carbonyl (C=O) groups excluding carboxylic acids is 1. The zero-order valence-corrected chi connectivity index (χ0v) is 15.0. The first kappa shape index (κ1) is 19.5. The Bertz CT molecular complexity index is 467. The lowest BCUT2D eigenvalue weighted by Gasteiger charge is -2.29. The average Bonchev–Trinajstić information content (AvgIpc) is 2.41. The van der Waals surface area contributed by atoms with E-state index in [0.29, 0.717) is 6.54 Å². The molecule has 0 atom stereocenters. The molecule has 0 unspecified atom stereocenters. The summed E-state index contributed by atoms with van der Waals surface area (Å²) in [6, 6.07) is 10.4. The highest BCUT2D eigenvalue weighted by Crippen LogP contribution is 2.09. The van der Waals surface area contributed by atoms with E-state index in [1.165, 1.54) is 5.56 Å². The van der Waals surface area contributed by atoms with Crippen molar-refractivity contribution in [2.75, 3.05) is 13.1 Å². The number of rotatable bonds is 8. The van der Waals surface area contributed by atoms with Gasteiger partial charge in [0, 0.05) is 13.1 Å². The molecule has 1 aromatic carbocycles. The number of benzene rings is 1. The summed E-state index contributed by atoms with van der Waals surface area (Å²) in [5.41, 5.74) is 6.82. The van der Waals surface area contributed by atoms with Crippen LogP contribution in [0.15, 0.2) is 30.3 Å². The van der Waals surface area contributed by atoms with E-state index >= 15 is 0 Å². The highest BCUT2D eigenvalue weighted by molar-refractivity contribution is 5.68. The first-order chi connectivity index (χ1) is 10.7. The Hall–Kier alpha value is -1.59. The Morgan fingerprint density at radius 3 is 2.30 bits per heavy atom. The van der Waals surface area contributed by atoms with Gasteiger partial charge < -0.3 is 10.1 Å². The van der Waals surface area contributed by atoms with Crippen molar-refractivity contribution < 1.29 is 9.53 Å². The molecule has 1 rings (SSSR count). The van der Waals surface area contributed by atoms with Crippen LogP contribution in [0.2, 0.25) is 0 Å². The lowest BCUT2D eigenvalue weighted by atomic mass is 10.1. The molecule has 1 amide bonds. The van der Waals surface area contributed by atoms with Crippen molar-refractivity contribution in [3.63, 3.8) is 0 Å². The third kappa shape index (κ3) is 9.92. The number of carbonyl (C=O) groups is 1. The maximum atomic E-state index is 11.8. The van der Waals surface area contributed by atoms with E-state index in [9.17, 15) is 4.79 Å². The number of hydrazine groups is 1. The first-order valence-electron chi connectivity index (χ1n) is 8.19. The number of hydrogen-bond acceptors (Lipinski definition) is 4. The third-order valence-corrected chi connectivity index (χ3v) is 3.10. The molecule has 0 aliphatic carbocycles. The number of aryl methyl sites for hydroxylation is 1. The Morgan fingerprint density at radius 2 is 1.70 bits per heavy atom. The van der Waals surface area contributed by atoms with Crippen molar-refractivity contribution in [2.24, 2.45) is 0 Å². The lowest BCUT2D eigenvalue weighted by Crippen LogP contribution is -2.54. The standard InChI is InChI=1S/C18H31N3O2/c1-17(2,3)23-16(22)21-18(4,5)14-20-19-13-9-12-15-10-7-6-8-11-15/h6-8,10-11,19-20H,9,12-14H2,1-5H3,(H,21,22). The Balaban J connectivity index is 2.15. The Kier molecular flexibility index (Phi) is 7.52. The van der Waals surface area contributed by atoms with Crippen molar-refractivity contribution in [2.45, 2.75) is 58.6 Å². The summed E-state index contributed by atoms with van der Waals surface area (Å²) in [5.74, 6) is 0. The summed E-state index contributed by atoms with van der Waals surface area (Å²) < 4.78 is 5.27. The van der Waals surface area contributed by atoms with Crippen LogP contribution < -0.4 is 16.2 Å². The first-order valence-corrected chi connectivity index (χ1v) is 8.19. The van der Waals surface area contributed by atoms with Gasteiger partial charge >= 0.3 is 6.09 Å². The molecule has 0 spiro atoms. The molecule has 0 aliphatic rings. The number of alkyl carbamates (subject to hydrolysis) is 1. The molecular weight excluding hydrogens is 290 g/mol. The molecule has 0 saturated carbocycles. The molecule has 1 aromatic rings. The van der Waals surface area contributed by atoms with Crippen LogP contribution in [-0.2, 0) is 11.2 Å². The summed E-state index contributed by atoms with van der Waals surface area (Å²) in [5, 5.41) is 2.87. The van der Waals surface area contributed by atoms with Crippen LogP contribution >= 0.6 is 0 Å². The minimum atomic E-state index is -0.483. The molecule has 0 aliphatic heterocycles. The van der Waals surface area contributed by atoms with E-state index in [-0.39, 0.29) is 0 Å². The molecule has 5 heteroatoms. The Morgan fingerprint density at radius 1 is 1.04 bits per heavy atom. The number of hydrogen-bond donors (Lipinski definition) is 3. The van der Waals surface area contributed by atoms with E-state index in [1.54, 1.807) is 0 Å². The molecule has 0 saturated heterocycles. The second kappa shape index (κ2) is 8.89. The average molecular weight is 321 g/mol. The van der Waals surface area contributed by atoms with Gasteiger partial charge in [0.05, 0.1) is 5.54 Å². The number of amides is 1. The third-order valence-electron chi connectivity index (χ3n) is 3.10. The van der Waals surface area contributed by atoms with Crippen LogP contribution in [0, 0.1) is 0 Å². The zero-order chi connectivity index (χ0) is 17.3. The zero-order valence-electron chi connectivity index (χ0n) is 15.0. The van der Waals surface area contributed by atoms with Crippen LogP contribution in [0.5, 0.6) is 0 Å². The summed E-state index contributed by atoms with van der Waals surface area (Å²) in [4.78, 5) is 11.8. The topological polar surface area (TPSA) is 62.4 Å². The second-order valence-electron chi connectivity index (χ2n) is 7.38. The number of nitrogens with one attached hydrogen (secondary N) is 3. The molecule has 0 radical (unpaired) electrons. The largest absolute Gasteiger partial charge is 0.444 e. The van der Waals surface area contributed by atoms with E-state index in [1.807, 2.05) is 40.7 Å². The maximum absolute atomic E-state index is 11.8. The second-order valence-corrected chi connectivity index (χ2v) is 7.38. The summed E-state index contributed by atoms with van der Waals surface area (Å²) in [6.45, 7) is 10.9. The van der Waals surface area contributed by atoms with Gasteiger partial charge in [0.25, 0.3) is 0 Å². The minimum Gasteiger partial charge on any atom is -0.444 e. The lowest BCUT2D eigenvalue weighted by molar-refractivity contribution is 0.0470. The fourth-order valence-corrected chi connectivity index (χ4v) is 2.02. The molecule has 0 aromatic heterocycles. The van der Waals surface area contributed by atoms with Gasteiger partial charge in [-0.05, 0) is 53.0 Å². The van der Waals surface area contributed by atoms with Crippen LogP contribution in [0.3, 0.4) is 0 Å². The monoisotopic (exact) mass is 321 g/mol. The summed E-state index contributed by atoms with van der Waals surface area (Å²) in [6.07, 6.45) is 1.71. The van der Waals surface area contributed by atoms with Crippen molar-refractivity contribution in [3.05, 3.63) is 35.9 Å². The van der Waals surface area contributed by atoms with Crippen molar-refractivity contribution in [3.8, 4) is 0 Å². The van der Waals surface area contributed by atoms with Gasteiger partial charge in [-0.15, -0.1) is 0 Å². The molecule has 0 fully saturated rings. The van der Waals surface area contributed by atoms with E-state index in [0.717, 1.165) is 19.4 Å². The van der Waals surface area contributed by atoms with E-state index < -0.39 is 17.2 Å². The molecule has 130 valence electrons. The van der Waals surface area contributed by atoms with Gasteiger partial charge in [0.2, 0.25) is 0 Å². The van der Waals surface area contributed by atoms with Gasteiger partial charge in [0.15, 0.2) is 0 Å². The predicted molar refractivity (Wildman–Crippen MR) is 94.2 cm³/mol. The van der Waals surface area contributed by atoms with Gasteiger partial charge in [-0.3, -0.25) is 10.9 Å². The number of ether oxygens (including phenoxy) is 1. The molecular formula is C18H31N3O2. The van der Waals surface area contributed by atoms with Crippen LogP contribution in [-0.4, -0.2) is 30.3 Å². The molecule has 0 bridgehead atoms. The highest BCUT2D eigenvalue weighted by atomic mass is 16.6. The molecule has 0 heterocycles.